The molecule has 0 aliphatic carbocycles. The SMILES string of the molecule is CC.Clc1cccc(-c2ccccc2-c2ccccc2)c1.c1ccc(-c2ccccc2-c2cccc(-n3c4ccccc4c4cc5c6c7ccccc7ccc6n(-c6ccccc6)c5cc43)c2)cc1.c1ccc(-n2c3cc4[nH]c5ccccc5c4cc3c3c4ccccc4ccc32)cc1. The molecule has 0 aliphatic rings. The van der Waals surface area contributed by atoms with Gasteiger partial charge < -0.3 is 18.7 Å². The van der Waals surface area contributed by atoms with Gasteiger partial charge in [0.15, 0.2) is 0 Å². The van der Waals surface area contributed by atoms with Gasteiger partial charge in [-0.15, -0.1) is 0 Å². The summed E-state index contributed by atoms with van der Waals surface area (Å²) in [6, 6.07) is 130. The van der Waals surface area contributed by atoms with Crippen LogP contribution in [-0.4, -0.2) is 18.7 Å². The summed E-state index contributed by atoms with van der Waals surface area (Å²) in [6.45, 7) is 4.00. The van der Waals surface area contributed by atoms with Gasteiger partial charge in [0.05, 0.1) is 33.1 Å². The molecule has 0 saturated carbocycles. The Morgan fingerprint density at radius 1 is 0.222 bits per heavy atom. The van der Waals surface area contributed by atoms with E-state index >= 15 is 0 Å². The van der Waals surface area contributed by atoms with E-state index < -0.39 is 0 Å². The van der Waals surface area contributed by atoms with Crippen molar-refractivity contribution in [2.24, 2.45) is 0 Å². The van der Waals surface area contributed by atoms with Gasteiger partial charge in [0.2, 0.25) is 0 Å². The Hall–Kier alpha value is -12.5. The fourth-order valence-electron chi connectivity index (χ4n) is 15.0. The molecule has 0 aliphatic heterocycles. The number of H-pyrrole nitrogens is 1. The number of rotatable bonds is 7. The number of halogens is 1. The molecule has 20 rings (SSSR count). The summed E-state index contributed by atoms with van der Waals surface area (Å²) < 4.78 is 7.27. The van der Waals surface area contributed by atoms with E-state index in [1.807, 2.05) is 38.1 Å². The van der Waals surface area contributed by atoms with Crippen LogP contribution in [0.4, 0.5) is 0 Å². The number of aromatic nitrogens is 4. The molecule has 4 nitrogen and oxygen atoms in total. The molecule has 0 atom stereocenters. The van der Waals surface area contributed by atoms with E-state index in [9.17, 15) is 0 Å². The largest absolute Gasteiger partial charge is 0.354 e. The minimum absolute atomic E-state index is 0.764. The first-order valence-electron chi connectivity index (χ1n) is 34.1. The fourth-order valence-corrected chi connectivity index (χ4v) is 15.2. The third-order valence-electron chi connectivity index (χ3n) is 19.3. The van der Waals surface area contributed by atoms with E-state index in [1.165, 1.54) is 153 Å². The van der Waals surface area contributed by atoms with E-state index in [0.717, 1.165) is 22.0 Å². The highest BCUT2D eigenvalue weighted by atomic mass is 35.5. The smallest absolute Gasteiger partial charge is 0.0562 e. The third-order valence-corrected chi connectivity index (χ3v) is 19.6. The van der Waals surface area contributed by atoms with Crippen molar-refractivity contribution >= 4 is 120 Å². The molecule has 4 heterocycles. The Labute approximate surface area is 579 Å². The highest BCUT2D eigenvalue weighted by Crippen LogP contribution is 2.45. The van der Waals surface area contributed by atoms with Crippen molar-refractivity contribution in [2.75, 3.05) is 0 Å². The van der Waals surface area contributed by atoms with Crippen LogP contribution in [0, 0.1) is 0 Å². The molecule has 0 spiro atoms. The number of nitrogens with zero attached hydrogens (tertiary/aromatic N) is 3. The second kappa shape index (κ2) is 25.9. The summed E-state index contributed by atoms with van der Waals surface area (Å²) >= 11 is 6.09. The molecule has 0 amide bonds. The lowest BCUT2D eigenvalue weighted by atomic mass is 9.94. The van der Waals surface area contributed by atoms with Gasteiger partial charge in [-0.3, -0.25) is 0 Å². The zero-order chi connectivity index (χ0) is 66.3. The Morgan fingerprint density at radius 3 is 1.17 bits per heavy atom. The number of aromatic amines is 1. The summed E-state index contributed by atoms with van der Waals surface area (Å²) in [5.74, 6) is 0. The van der Waals surface area contributed by atoms with Crippen LogP contribution in [0.15, 0.2) is 364 Å². The Bertz CT molecular complexity index is 6380. The molecular formula is C94H67ClN4. The lowest BCUT2D eigenvalue weighted by molar-refractivity contribution is 1.17. The van der Waals surface area contributed by atoms with E-state index in [4.69, 9.17) is 11.6 Å². The summed E-state index contributed by atoms with van der Waals surface area (Å²) in [5, 5.41) is 16.1. The zero-order valence-corrected chi connectivity index (χ0v) is 55.6. The van der Waals surface area contributed by atoms with Gasteiger partial charge in [-0.1, -0.05) is 292 Å². The van der Waals surface area contributed by atoms with Crippen LogP contribution in [-0.2, 0) is 0 Å². The van der Waals surface area contributed by atoms with Crippen LogP contribution in [0.2, 0.25) is 5.02 Å². The second-order valence-electron chi connectivity index (χ2n) is 24.9. The minimum atomic E-state index is 0.764. The maximum atomic E-state index is 6.09. The van der Waals surface area contributed by atoms with Gasteiger partial charge in [-0.05, 0) is 163 Å². The summed E-state index contributed by atoms with van der Waals surface area (Å²) in [6.07, 6.45) is 0. The summed E-state index contributed by atoms with van der Waals surface area (Å²) in [5.41, 5.74) is 22.8. The molecule has 99 heavy (non-hydrogen) atoms. The molecule has 0 saturated heterocycles. The first kappa shape index (κ1) is 60.2. The first-order valence-corrected chi connectivity index (χ1v) is 34.5. The first-order chi connectivity index (χ1) is 49.1. The standard InChI is InChI=1S/C46H30N2.C28H18N2.C18H13Cl.C2H6/c1-3-14-31(15-4-1)36-21-9-10-22-37(36)33-17-13-20-35(28-33)48-42-25-12-11-24-39(42)40-29-41-45(30-44(40)48)47(34-18-5-2-6-19-34)43-27-26-32-16-7-8-23-38(32)46(41)43;1-2-9-19(10-3-1)30-26-15-14-18-8-4-5-11-20(18)28(26)23-16-22-21-12-6-7-13-24(21)29-25(22)17-27(23)30;19-16-10-6-9-15(13-16)18-12-5-4-11-17(18)14-7-2-1-3-8-14;1-2/h1-30H;1-17,29H;1-13H;1-2H3. The molecule has 16 aromatic carbocycles. The molecule has 1 N–H and O–H groups in total. The topological polar surface area (TPSA) is 30.6 Å². The molecule has 5 heteroatoms. The Kier molecular flexibility index (Phi) is 15.8. The normalized spacial score (nSPS) is 11.4. The number of benzene rings is 16. The quantitative estimate of drug-likeness (QED) is 0.165. The molecule has 470 valence electrons. The monoisotopic (exact) mass is 1290 g/mol. The molecule has 0 bridgehead atoms. The van der Waals surface area contributed by atoms with E-state index in [-0.39, 0.29) is 0 Å². The highest BCUT2D eigenvalue weighted by Gasteiger charge is 2.22. The second-order valence-corrected chi connectivity index (χ2v) is 25.3. The molecule has 0 fully saturated rings. The molecule has 20 aromatic rings. The van der Waals surface area contributed by atoms with E-state index in [0.29, 0.717) is 0 Å². The number of hydrogen-bond donors (Lipinski definition) is 1. The van der Waals surface area contributed by atoms with Crippen molar-refractivity contribution in [2.45, 2.75) is 13.8 Å². The van der Waals surface area contributed by atoms with Gasteiger partial charge >= 0.3 is 0 Å². The average molecular weight is 1290 g/mol. The van der Waals surface area contributed by atoms with Crippen LogP contribution >= 0.6 is 11.6 Å². The fraction of sp³-hybridized carbons (Fsp3) is 0.0213. The molecular weight excluding hydrogens is 1220 g/mol. The lowest BCUT2D eigenvalue weighted by Gasteiger charge is -2.14. The average Bonchev–Trinajstić information content (AvgIpc) is 1.56. The van der Waals surface area contributed by atoms with Gasteiger partial charge in [-0.2, -0.15) is 0 Å². The van der Waals surface area contributed by atoms with Gasteiger partial charge in [-0.25, -0.2) is 0 Å². The van der Waals surface area contributed by atoms with Crippen molar-refractivity contribution in [3.8, 4) is 61.6 Å². The van der Waals surface area contributed by atoms with Gasteiger partial charge in [0.1, 0.15) is 0 Å². The van der Waals surface area contributed by atoms with Crippen molar-refractivity contribution < 1.29 is 0 Å². The van der Waals surface area contributed by atoms with Gasteiger partial charge in [0, 0.05) is 76.2 Å². The van der Waals surface area contributed by atoms with Crippen LogP contribution in [0.25, 0.3) is 170 Å². The number of para-hydroxylation sites is 4. The minimum Gasteiger partial charge on any atom is -0.354 e. The van der Waals surface area contributed by atoms with Crippen molar-refractivity contribution in [1.29, 1.82) is 0 Å². The molecule has 0 radical (unpaired) electrons. The van der Waals surface area contributed by atoms with Crippen LogP contribution in [0.3, 0.4) is 0 Å². The third kappa shape index (κ3) is 10.8. The van der Waals surface area contributed by atoms with E-state index in [1.54, 1.807) is 0 Å². The Balaban J connectivity index is 0.000000122. The predicted octanol–water partition coefficient (Wildman–Crippen LogP) is 26.6. The van der Waals surface area contributed by atoms with Crippen LogP contribution in [0.5, 0.6) is 0 Å². The summed E-state index contributed by atoms with van der Waals surface area (Å²) in [4.78, 5) is 3.62. The van der Waals surface area contributed by atoms with Crippen LogP contribution < -0.4 is 0 Å². The zero-order valence-electron chi connectivity index (χ0n) is 54.9. The van der Waals surface area contributed by atoms with Crippen molar-refractivity contribution in [3.63, 3.8) is 0 Å². The van der Waals surface area contributed by atoms with Gasteiger partial charge in [0.25, 0.3) is 0 Å². The lowest BCUT2D eigenvalue weighted by Crippen LogP contribution is -1.96. The number of nitrogens with one attached hydrogen (secondary N) is 1. The molecule has 4 aromatic heterocycles. The van der Waals surface area contributed by atoms with Crippen LogP contribution in [0.1, 0.15) is 13.8 Å². The summed E-state index contributed by atoms with van der Waals surface area (Å²) in [7, 11) is 0. The van der Waals surface area contributed by atoms with E-state index in [2.05, 4.69) is 358 Å². The van der Waals surface area contributed by atoms with Crippen molar-refractivity contribution in [1.82, 2.24) is 18.7 Å². The Morgan fingerprint density at radius 2 is 0.616 bits per heavy atom. The number of hydrogen-bond acceptors (Lipinski definition) is 0. The maximum absolute atomic E-state index is 6.09. The number of fused-ring (bicyclic) bond motifs is 16. The maximum Gasteiger partial charge on any atom is 0.0562 e. The predicted molar refractivity (Wildman–Crippen MR) is 425 cm³/mol. The molecule has 0 unspecified atom stereocenters. The highest BCUT2D eigenvalue weighted by molar-refractivity contribution is 6.31. The van der Waals surface area contributed by atoms with Crippen molar-refractivity contribution in [3.05, 3.63) is 369 Å².